The molecule has 1 amide bonds. The molecule has 3 rings (SSSR count). The number of thiophene rings is 1. The van der Waals surface area contributed by atoms with Crippen LogP contribution < -0.4 is 5.32 Å². The van der Waals surface area contributed by atoms with Crippen LogP contribution in [0.1, 0.15) is 25.8 Å². The number of rotatable bonds is 5. The van der Waals surface area contributed by atoms with Crippen molar-refractivity contribution >= 4 is 28.8 Å². The third kappa shape index (κ3) is 2.68. The van der Waals surface area contributed by atoms with E-state index in [0.29, 0.717) is 16.1 Å². The minimum atomic E-state index is -1.33. The average molecular weight is 335 g/mol. The van der Waals surface area contributed by atoms with Crippen molar-refractivity contribution in [1.82, 2.24) is 14.9 Å². The van der Waals surface area contributed by atoms with Gasteiger partial charge in [0.1, 0.15) is 10.5 Å². The molecule has 0 aliphatic heterocycles. The zero-order chi connectivity index (χ0) is 15.6. The first kappa shape index (κ1) is 14.9. The van der Waals surface area contributed by atoms with Gasteiger partial charge in [0.25, 0.3) is 5.91 Å². The van der Waals surface area contributed by atoms with Crippen molar-refractivity contribution in [1.29, 1.82) is 0 Å². The molecule has 0 aliphatic carbocycles. The SMILES string of the molecule is Cc1nnsc1C(=O)NC[C@@](O)(c1ccoc1)c1cccs1. The number of hydrogen-bond donors (Lipinski definition) is 2. The Morgan fingerprint density at radius 1 is 1.50 bits per heavy atom. The average Bonchev–Trinajstić information content (AvgIpc) is 3.24. The normalized spacial score (nSPS) is 13.7. The number of nitrogens with one attached hydrogen (secondary N) is 1. The fourth-order valence-electron chi connectivity index (χ4n) is 2.07. The standard InChI is InChI=1S/C14H13N3O3S2/c1-9-12(22-17-16-9)13(18)15-8-14(19,10-4-5-20-7-10)11-3-2-6-21-11/h2-7,19H,8H2,1H3,(H,15,18)/t14-/m1/s1. The van der Waals surface area contributed by atoms with E-state index in [4.69, 9.17) is 4.42 Å². The van der Waals surface area contributed by atoms with Crippen LogP contribution in [-0.4, -0.2) is 27.1 Å². The first-order valence-electron chi connectivity index (χ1n) is 6.47. The zero-order valence-electron chi connectivity index (χ0n) is 11.6. The van der Waals surface area contributed by atoms with Crippen molar-refractivity contribution in [2.75, 3.05) is 6.54 Å². The maximum absolute atomic E-state index is 12.2. The van der Waals surface area contributed by atoms with Gasteiger partial charge in [-0.2, -0.15) is 0 Å². The minimum Gasteiger partial charge on any atom is -0.472 e. The summed E-state index contributed by atoms with van der Waals surface area (Å²) in [5.41, 5.74) is -0.164. The van der Waals surface area contributed by atoms with Crippen molar-refractivity contribution in [2.45, 2.75) is 12.5 Å². The molecule has 0 unspecified atom stereocenters. The van der Waals surface area contributed by atoms with Gasteiger partial charge >= 0.3 is 0 Å². The number of aromatic nitrogens is 2. The Bertz CT molecular complexity index is 716. The Labute approximate surface area is 134 Å². The van der Waals surface area contributed by atoms with Crippen LogP contribution in [0.4, 0.5) is 0 Å². The van der Waals surface area contributed by atoms with E-state index in [1.54, 1.807) is 13.0 Å². The Morgan fingerprint density at radius 2 is 2.36 bits per heavy atom. The Kier molecular flexibility index (Phi) is 4.06. The van der Waals surface area contributed by atoms with Crippen molar-refractivity contribution in [3.8, 4) is 0 Å². The quantitative estimate of drug-likeness (QED) is 0.746. The lowest BCUT2D eigenvalue weighted by Gasteiger charge is -2.26. The fourth-order valence-corrected chi connectivity index (χ4v) is 3.49. The smallest absolute Gasteiger partial charge is 0.265 e. The van der Waals surface area contributed by atoms with Crippen molar-refractivity contribution in [3.05, 3.63) is 57.1 Å². The molecule has 1 atom stereocenters. The van der Waals surface area contributed by atoms with Gasteiger partial charge < -0.3 is 14.8 Å². The summed E-state index contributed by atoms with van der Waals surface area (Å²) < 4.78 is 8.81. The number of hydrogen-bond acceptors (Lipinski definition) is 7. The van der Waals surface area contributed by atoms with Crippen LogP contribution in [0.5, 0.6) is 0 Å². The fraction of sp³-hybridized carbons (Fsp3) is 0.214. The van der Waals surface area contributed by atoms with Crippen LogP contribution in [0, 0.1) is 6.92 Å². The first-order chi connectivity index (χ1) is 10.6. The molecule has 0 fully saturated rings. The maximum Gasteiger partial charge on any atom is 0.265 e. The molecule has 0 radical (unpaired) electrons. The monoisotopic (exact) mass is 335 g/mol. The van der Waals surface area contributed by atoms with E-state index in [0.717, 1.165) is 16.4 Å². The van der Waals surface area contributed by atoms with Gasteiger partial charge in [-0.15, -0.1) is 16.4 Å². The molecule has 6 nitrogen and oxygen atoms in total. The summed E-state index contributed by atoms with van der Waals surface area (Å²) in [5.74, 6) is -0.300. The van der Waals surface area contributed by atoms with Crippen LogP contribution in [-0.2, 0) is 5.60 Å². The third-order valence-electron chi connectivity index (χ3n) is 3.29. The lowest BCUT2D eigenvalue weighted by atomic mass is 9.94. The largest absolute Gasteiger partial charge is 0.472 e. The van der Waals surface area contributed by atoms with E-state index in [-0.39, 0.29) is 12.5 Å². The van der Waals surface area contributed by atoms with Crippen LogP contribution in [0.2, 0.25) is 0 Å². The van der Waals surface area contributed by atoms with Gasteiger partial charge in [-0.3, -0.25) is 4.79 Å². The number of carbonyl (C=O) groups is 1. The molecule has 3 aromatic heterocycles. The highest BCUT2D eigenvalue weighted by Crippen LogP contribution is 2.32. The molecule has 0 spiro atoms. The zero-order valence-corrected chi connectivity index (χ0v) is 13.3. The van der Waals surface area contributed by atoms with Gasteiger partial charge in [-0.1, -0.05) is 10.6 Å². The van der Waals surface area contributed by atoms with Crippen LogP contribution in [0.3, 0.4) is 0 Å². The molecule has 2 N–H and O–H groups in total. The maximum atomic E-state index is 12.2. The minimum absolute atomic E-state index is 0.0310. The molecule has 0 saturated carbocycles. The molecule has 3 heterocycles. The van der Waals surface area contributed by atoms with Crippen molar-refractivity contribution < 1.29 is 14.3 Å². The Hall–Kier alpha value is -2.03. The summed E-state index contributed by atoms with van der Waals surface area (Å²) >= 11 is 2.45. The summed E-state index contributed by atoms with van der Waals surface area (Å²) in [6.45, 7) is 1.75. The van der Waals surface area contributed by atoms with Gasteiger partial charge in [0, 0.05) is 10.4 Å². The second kappa shape index (κ2) is 5.99. The van der Waals surface area contributed by atoms with Crippen molar-refractivity contribution in [2.24, 2.45) is 0 Å². The molecule has 22 heavy (non-hydrogen) atoms. The highest BCUT2D eigenvalue weighted by Gasteiger charge is 2.34. The second-order valence-corrected chi connectivity index (χ2v) is 6.42. The van der Waals surface area contributed by atoms with E-state index in [1.165, 1.54) is 23.9 Å². The topological polar surface area (TPSA) is 88.2 Å². The van der Waals surface area contributed by atoms with Gasteiger partial charge in [-0.25, -0.2) is 0 Å². The first-order valence-corrected chi connectivity index (χ1v) is 8.13. The number of furan rings is 1. The summed E-state index contributed by atoms with van der Waals surface area (Å²) in [5, 5.41) is 19.5. The molecule has 0 saturated heterocycles. The van der Waals surface area contributed by atoms with E-state index < -0.39 is 5.60 Å². The van der Waals surface area contributed by atoms with Crippen molar-refractivity contribution in [3.63, 3.8) is 0 Å². The molecular weight excluding hydrogens is 322 g/mol. The molecule has 3 aromatic rings. The molecule has 0 aliphatic rings. The highest BCUT2D eigenvalue weighted by atomic mass is 32.1. The summed E-state index contributed by atoms with van der Waals surface area (Å²) in [6.07, 6.45) is 2.97. The highest BCUT2D eigenvalue weighted by molar-refractivity contribution is 7.10. The number of aliphatic hydroxyl groups is 1. The van der Waals surface area contributed by atoms with Gasteiger partial charge in [0.15, 0.2) is 0 Å². The van der Waals surface area contributed by atoms with Gasteiger partial charge in [0.05, 0.1) is 24.8 Å². The van der Waals surface area contributed by atoms with Crippen LogP contribution >= 0.6 is 22.9 Å². The molecule has 0 aromatic carbocycles. The molecule has 8 heteroatoms. The van der Waals surface area contributed by atoms with E-state index in [2.05, 4.69) is 14.9 Å². The predicted molar refractivity (Wildman–Crippen MR) is 83.0 cm³/mol. The molecule has 0 bridgehead atoms. The summed E-state index contributed by atoms with van der Waals surface area (Å²) in [7, 11) is 0. The summed E-state index contributed by atoms with van der Waals surface area (Å²) in [6, 6.07) is 5.36. The molecular formula is C14H13N3O3S2. The number of amides is 1. The second-order valence-electron chi connectivity index (χ2n) is 4.72. The molecule has 114 valence electrons. The number of nitrogens with zero attached hydrogens (tertiary/aromatic N) is 2. The Balaban J connectivity index is 1.83. The predicted octanol–water partition coefficient (Wildman–Crippen LogP) is 2.17. The Morgan fingerprint density at radius 3 is 2.95 bits per heavy atom. The van der Waals surface area contributed by atoms with Gasteiger partial charge in [0.2, 0.25) is 0 Å². The lowest BCUT2D eigenvalue weighted by Crippen LogP contribution is -2.40. The van der Waals surface area contributed by atoms with E-state index in [1.807, 2.05) is 17.5 Å². The number of aryl methyl sites for hydroxylation is 1. The van der Waals surface area contributed by atoms with Crippen LogP contribution in [0.15, 0.2) is 40.5 Å². The van der Waals surface area contributed by atoms with Gasteiger partial charge in [-0.05, 0) is 36.0 Å². The van der Waals surface area contributed by atoms with Crippen LogP contribution in [0.25, 0.3) is 0 Å². The van der Waals surface area contributed by atoms with E-state index in [9.17, 15) is 9.90 Å². The summed E-state index contributed by atoms with van der Waals surface area (Å²) in [4.78, 5) is 13.4. The lowest BCUT2D eigenvalue weighted by molar-refractivity contribution is 0.0716. The number of carbonyl (C=O) groups excluding carboxylic acids is 1. The third-order valence-corrected chi connectivity index (χ3v) is 5.14. The van der Waals surface area contributed by atoms with E-state index >= 15 is 0 Å².